The van der Waals surface area contributed by atoms with E-state index in [1.807, 2.05) is 0 Å². The number of amides is 1. The van der Waals surface area contributed by atoms with Crippen LogP contribution in [0.3, 0.4) is 0 Å². The maximum Gasteiger partial charge on any atom is 0.286 e. The third-order valence-corrected chi connectivity index (χ3v) is 3.43. The number of hydrogen-bond donors (Lipinski definition) is 2. The molecule has 0 radical (unpaired) electrons. The molecule has 7 nitrogen and oxygen atoms in total. The van der Waals surface area contributed by atoms with Gasteiger partial charge in [-0.1, -0.05) is 11.3 Å². The zero-order chi connectivity index (χ0) is 14.5. The number of methoxy groups -OCH3 is 2. The molecule has 0 atom stereocenters. The Morgan fingerprint density at radius 2 is 2.05 bits per heavy atom. The highest BCUT2D eigenvalue weighted by molar-refractivity contribution is 7.17. The van der Waals surface area contributed by atoms with Gasteiger partial charge in [0.05, 0.1) is 19.9 Å². The van der Waals surface area contributed by atoms with Crippen molar-refractivity contribution in [2.45, 2.75) is 0 Å². The first-order chi connectivity index (χ1) is 9.67. The number of anilines is 2. The lowest BCUT2D eigenvalue weighted by atomic mass is 10.2. The average Bonchev–Trinajstić information content (AvgIpc) is 2.96. The van der Waals surface area contributed by atoms with Crippen molar-refractivity contribution in [1.29, 1.82) is 0 Å². The second kappa shape index (κ2) is 6.20. The van der Waals surface area contributed by atoms with Gasteiger partial charge in [-0.3, -0.25) is 4.79 Å². The van der Waals surface area contributed by atoms with Crippen molar-refractivity contribution in [2.75, 3.05) is 31.9 Å². The Hall–Kier alpha value is -2.35. The highest BCUT2D eigenvalue weighted by Gasteiger charge is 2.15. The molecular weight excluding hydrogens is 280 g/mol. The van der Waals surface area contributed by atoms with Gasteiger partial charge in [0.25, 0.3) is 5.91 Å². The number of aromatic nitrogens is 2. The third kappa shape index (κ3) is 2.97. The first-order valence-electron chi connectivity index (χ1n) is 5.72. The van der Waals surface area contributed by atoms with Gasteiger partial charge in [-0.2, -0.15) is 0 Å². The molecule has 0 saturated heterocycles. The van der Waals surface area contributed by atoms with E-state index in [0.29, 0.717) is 22.3 Å². The van der Waals surface area contributed by atoms with Gasteiger partial charge in [-0.15, -0.1) is 10.2 Å². The topological polar surface area (TPSA) is 85.4 Å². The molecule has 20 heavy (non-hydrogen) atoms. The number of carbonyl (C=O) groups is 1. The molecular formula is C12H14N4O3S. The number of carbonyl (C=O) groups excluding carboxylic acids is 1. The quantitative estimate of drug-likeness (QED) is 0.875. The first-order valence-corrected chi connectivity index (χ1v) is 6.54. The van der Waals surface area contributed by atoms with Gasteiger partial charge in [-0.05, 0) is 12.1 Å². The van der Waals surface area contributed by atoms with Gasteiger partial charge in [0.15, 0.2) is 0 Å². The summed E-state index contributed by atoms with van der Waals surface area (Å²) in [5.74, 6) is 0.808. The second-order valence-electron chi connectivity index (χ2n) is 3.68. The van der Waals surface area contributed by atoms with Crippen LogP contribution in [0.25, 0.3) is 0 Å². The highest BCUT2D eigenvalue weighted by Crippen LogP contribution is 2.29. The maximum atomic E-state index is 12.1. The minimum atomic E-state index is -0.351. The molecule has 1 heterocycles. The molecule has 0 unspecified atom stereocenters. The summed E-state index contributed by atoms with van der Waals surface area (Å²) in [5.41, 5.74) is 0.512. The predicted octanol–water partition coefficient (Wildman–Crippen LogP) is 1.85. The van der Waals surface area contributed by atoms with E-state index >= 15 is 0 Å². The molecule has 2 N–H and O–H groups in total. The number of hydrogen-bond acceptors (Lipinski definition) is 7. The molecule has 2 rings (SSSR count). The van der Waals surface area contributed by atoms with Gasteiger partial charge in [0.2, 0.25) is 10.1 Å². The molecule has 0 bridgehead atoms. The van der Waals surface area contributed by atoms with E-state index in [9.17, 15) is 4.79 Å². The molecule has 2 aromatic rings. The summed E-state index contributed by atoms with van der Waals surface area (Å²) < 4.78 is 10.3. The van der Waals surface area contributed by atoms with E-state index in [0.717, 1.165) is 0 Å². The number of ether oxygens (including phenoxy) is 2. The van der Waals surface area contributed by atoms with Crippen molar-refractivity contribution in [3.8, 4) is 11.5 Å². The molecule has 1 aromatic heterocycles. The van der Waals surface area contributed by atoms with Crippen LogP contribution < -0.4 is 20.1 Å². The van der Waals surface area contributed by atoms with Crippen molar-refractivity contribution >= 4 is 28.1 Å². The van der Waals surface area contributed by atoms with Crippen LogP contribution in [0.4, 0.5) is 10.8 Å². The number of nitrogens with zero attached hydrogens (tertiary/aromatic N) is 2. The van der Waals surface area contributed by atoms with Crippen LogP contribution in [0.15, 0.2) is 18.2 Å². The molecule has 8 heteroatoms. The standard InChI is InChI=1S/C12H14N4O3S/c1-13-12-16-15-11(20-12)10(17)14-8-6-7(18-2)4-5-9(8)19-3/h4-6H,1-3H3,(H,13,16)(H,14,17). The Bertz CT molecular complexity index is 614. The van der Waals surface area contributed by atoms with Crippen LogP contribution in [-0.2, 0) is 0 Å². The summed E-state index contributed by atoms with van der Waals surface area (Å²) in [6, 6.07) is 5.14. The van der Waals surface area contributed by atoms with Crippen LogP contribution in [0.2, 0.25) is 0 Å². The Kier molecular flexibility index (Phi) is 4.36. The Morgan fingerprint density at radius 3 is 2.65 bits per heavy atom. The molecule has 0 aliphatic heterocycles. The zero-order valence-corrected chi connectivity index (χ0v) is 12.1. The minimum Gasteiger partial charge on any atom is -0.497 e. The fraction of sp³-hybridized carbons (Fsp3) is 0.250. The molecule has 1 aromatic carbocycles. The normalized spacial score (nSPS) is 9.95. The predicted molar refractivity (Wildman–Crippen MR) is 77.0 cm³/mol. The van der Waals surface area contributed by atoms with E-state index < -0.39 is 0 Å². The summed E-state index contributed by atoms with van der Waals surface area (Å²) in [4.78, 5) is 12.1. The minimum absolute atomic E-state index is 0.263. The SMILES string of the molecule is CNc1nnc(C(=O)Nc2cc(OC)ccc2OC)s1. The molecule has 1 amide bonds. The van der Waals surface area contributed by atoms with Gasteiger partial charge < -0.3 is 20.1 Å². The lowest BCUT2D eigenvalue weighted by molar-refractivity contribution is 0.102. The average molecular weight is 294 g/mol. The van der Waals surface area contributed by atoms with Crippen molar-refractivity contribution in [3.63, 3.8) is 0 Å². The van der Waals surface area contributed by atoms with Crippen LogP contribution in [0.5, 0.6) is 11.5 Å². The van der Waals surface area contributed by atoms with E-state index in [4.69, 9.17) is 9.47 Å². The van der Waals surface area contributed by atoms with Gasteiger partial charge in [0, 0.05) is 13.1 Å². The lowest BCUT2D eigenvalue weighted by Crippen LogP contribution is -2.12. The Balaban J connectivity index is 2.21. The third-order valence-electron chi connectivity index (χ3n) is 2.49. The highest BCUT2D eigenvalue weighted by atomic mass is 32.1. The number of nitrogens with one attached hydrogen (secondary N) is 2. The maximum absolute atomic E-state index is 12.1. The fourth-order valence-electron chi connectivity index (χ4n) is 1.50. The summed E-state index contributed by atoms with van der Waals surface area (Å²) in [6.07, 6.45) is 0. The van der Waals surface area contributed by atoms with Crippen molar-refractivity contribution in [2.24, 2.45) is 0 Å². The first kappa shape index (κ1) is 14.1. The van der Waals surface area contributed by atoms with Crippen LogP contribution in [-0.4, -0.2) is 37.4 Å². The molecule has 0 fully saturated rings. The monoisotopic (exact) mass is 294 g/mol. The van der Waals surface area contributed by atoms with Gasteiger partial charge >= 0.3 is 0 Å². The molecule has 0 aliphatic rings. The van der Waals surface area contributed by atoms with E-state index in [1.165, 1.54) is 18.4 Å². The molecule has 106 valence electrons. The summed E-state index contributed by atoms with van der Waals surface area (Å²) in [7, 11) is 4.80. The lowest BCUT2D eigenvalue weighted by Gasteiger charge is -2.10. The van der Waals surface area contributed by atoms with E-state index in [1.54, 1.807) is 32.4 Å². The smallest absolute Gasteiger partial charge is 0.286 e. The molecule has 0 aliphatic carbocycles. The zero-order valence-electron chi connectivity index (χ0n) is 11.3. The van der Waals surface area contributed by atoms with E-state index in [2.05, 4.69) is 20.8 Å². The van der Waals surface area contributed by atoms with Gasteiger partial charge in [0.1, 0.15) is 11.5 Å². The van der Waals surface area contributed by atoms with Crippen LogP contribution in [0, 0.1) is 0 Å². The fourth-order valence-corrected chi connectivity index (χ4v) is 2.10. The van der Waals surface area contributed by atoms with Gasteiger partial charge in [-0.25, -0.2) is 0 Å². The second-order valence-corrected chi connectivity index (χ2v) is 4.66. The van der Waals surface area contributed by atoms with Crippen LogP contribution >= 0.6 is 11.3 Å². The van der Waals surface area contributed by atoms with Crippen molar-refractivity contribution in [1.82, 2.24) is 10.2 Å². The van der Waals surface area contributed by atoms with Crippen LogP contribution in [0.1, 0.15) is 9.80 Å². The number of benzene rings is 1. The van der Waals surface area contributed by atoms with Crippen molar-refractivity contribution < 1.29 is 14.3 Å². The number of rotatable bonds is 5. The largest absolute Gasteiger partial charge is 0.497 e. The van der Waals surface area contributed by atoms with E-state index in [-0.39, 0.29) is 10.9 Å². The Labute approximate surface area is 119 Å². The molecule has 0 saturated carbocycles. The summed E-state index contributed by atoms with van der Waals surface area (Å²) in [6.45, 7) is 0. The summed E-state index contributed by atoms with van der Waals surface area (Å²) >= 11 is 1.17. The Morgan fingerprint density at radius 1 is 1.25 bits per heavy atom. The van der Waals surface area contributed by atoms with Crippen molar-refractivity contribution in [3.05, 3.63) is 23.2 Å². The molecule has 0 spiro atoms. The summed E-state index contributed by atoms with van der Waals surface area (Å²) in [5, 5.41) is 14.0.